The molecule has 22 heavy (non-hydrogen) atoms. The van der Waals surface area contributed by atoms with Crippen LogP contribution in [0.4, 0.5) is 5.82 Å². The molecule has 0 spiro atoms. The number of fused-ring (bicyclic) bond motifs is 1. The summed E-state index contributed by atoms with van der Waals surface area (Å²) >= 11 is 0. The van der Waals surface area contributed by atoms with Gasteiger partial charge in [-0.25, -0.2) is 14.8 Å². The van der Waals surface area contributed by atoms with E-state index in [-0.39, 0.29) is 5.69 Å². The summed E-state index contributed by atoms with van der Waals surface area (Å²) in [6, 6.07) is 5.85. The van der Waals surface area contributed by atoms with Gasteiger partial charge in [0.05, 0.1) is 11.0 Å². The van der Waals surface area contributed by atoms with Crippen molar-refractivity contribution in [1.82, 2.24) is 19.9 Å². The average Bonchev–Trinajstić information content (AvgIpc) is 2.84. The number of rotatable bonds is 4. The van der Waals surface area contributed by atoms with Crippen LogP contribution in [0.1, 0.15) is 36.7 Å². The highest BCUT2D eigenvalue weighted by molar-refractivity contribution is 5.75. The van der Waals surface area contributed by atoms with Crippen LogP contribution in [0.2, 0.25) is 0 Å². The van der Waals surface area contributed by atoms with Crippen molar-refractivity contribution in [3.05, 3.63) is 51.8 Å². The van der Waals surface area contributed by atoms with E-state index in [0.29, 0.717) is 12.5 Å². The van der Waals surface area contributed by atoms with Gasteiger partial charge in [0.25, 0.3) is 0 Å². The van der Waals surface area contributed by atoms with Crippen LogP contribution in [0.3, 0.4) is 0 Å². The number of hydrogen-bond acceptors (Lipinski definition) is 4. The van der Waals surface area contributed by atoms with Crippen molar-refractivity contribution >= 4 is 16.9 Å². The molecule has 3 N–H and O–H groups in total. The van der Waals surface area contributed by atoms with E-state index < -0.39 is 0 Å². The molecule has 0 unspecified atom stereocenters. The van der Waals surface area contributed by atoms with Crippen molar-refractivity contribution in [1.29, 1.82) is 0 Å². The van der Waals surface area contributed by atoms with Gasteiger partial charge in [0.1, 0.15) is 11.6 Å². The molecule has 3 rings (SSSR count). The highest BCUT2D eigenvalue weighted by atomic mass is 16.1. The molecule has 0 aliphatic rings. The molecule has 6 nitrogen and oxygen atoms in total. The molecule has 0 aliphatic carbocycles. The zero-order valence-electron chi connectivity index (χ0n) is 12.9. The van der Waals surface area contributed by atoms with Crippen LogP contribution in [0.15, 0.2) is 29.2 Å². The summed E-state index contributed by atoms with van der Waals surface area (Å²) < 4.78 is 0. The molecule has 2 heterocycles. The first kappa shape index (κ1) is 14.3. The van der Waals surface area contributed by atoms with Gasteiger partial charge in [-0.1, -0.05) is 19.9 Å². The van der Waals surface area contributed by atoms with Gasteiger partial charge in [-0.2, -0.15) is 0 Å². The summed E-state index contributed by atoms with van der Waals surface area (Å²) in [6.07, 6.45) is 1.88. The van der Waals surface area contributed by atoms with Gasteiger partial charge in [0, 0.05) is 18.3 Å². The molecule has 0 saturated carbocycles. The van der Waals surface area contributed by atoms with E-state index in [1.165, 1.54) is 0 Å². The summed E-state index contributed by atoms with van der Waals surface area (Å²) in [4.78, 5) is 25.6. The van der Waals surface area contributed by atoms with E-state index in [4.69, 9.17) is 0 Å². The molecule has 3 aromatic rings. The zero-order chi connectivity index (χ0) is 15.7. The third-order valence-corrected chi connectivity index (χ3v) is 3.60. The Morgan fingerprint density at radius 3 is 2.77 bits per heavy atom. The minimum absolute atomic E-state index is 0.186. The van der Waals surface area contributed by atoms with Crippen molar-refractivity contribution in [2.75, 3.05) is 5.32 Å². The second-order valence-corrected chi connectivity index (χ2v) is 5.69. The molecule has 0 fully saturated rings. The number of hydrogen-bond donors (Lipinski definition) is 3. The van der Waals surface area contributed by atoms with Crippen LogP contribution in [0, 0.1) is 6.92 Å². The van der Waals surface area contributed by atoms with Crippen LogP contribution in [0.5, 0.6) is 0 Å². The highest BCUT2D eigenvalue weighted by Gasteiger charge is 2.09. The summed E-state index contributed by atoms with van der Waals surface area (Å²) in [6.45, 7) is 6.76. The fourth-order valence-corrected chi connectivity index (χ4v) is 2.42. The molecule has 0 saturated heterocycles. The zero-order valence-corrected chi connectivity index (χ0v) is 12.9. The number of benzene rings is 1. The van der Waals surface area contributed by atoms with E-state index in [0.717, 1.165) is 33.8 Å². The topological polar surface area (TPSA) is 86.5 Å². The molecule has 0 aliphatic heterocycles. The van der Waals surface area contributed by atoms with Crippen molar-refractivity contribution in [3.63, 3.8) is 0 Å². The predicted octanol–water partition coefficient (Wildman–Crippen LogP) is 2.69. The maximum atomic E-state index is 11.3. The van der Waals surface area contributed by atoms with Gasteiger partial charge in [-0.3, -0.25) is 0 Å². The first-order valence-corrected chi connectivity index (χ1v) is 7.31. The number of anilines is 1. The van der Waals surface area contributed by atoms with Gasteiger partial charge in [-0.15, -0.1) is 0 Å². The van der Waals surface area contributed by atoms with Crippen LogP contribution in [0.25, 0.3) is 11.0 Å². The van der Waals surface area contributed by atoms with E-state index in [1.807, 2.05) is 31.3 Å². The molecule has 1 aromatic carbocycles. The molecule has 0 amide bonds. The fraction of sp³-hybridized carbons (Fsp3) is 0.312. The Morgan fingerprint density at radius 2 is 2.00 bits per heavy atom. The maximum Gasteiger partial charge on any atom is 0.323 e. The van der Waals surface area contributed by atoms with Crippen molar-refractivity contribution in [2.24, 2.45) is 0 Å². The third kappa shape index (κ3) is 2.86. The van der Waals surface area contributed by atoms with Crippen molar-refractivity contribution < 1.29 is 0 Å². The Bertz CT molecular complexity index is 862. The Kier molecular flexibility index (Phi) is 3.66. The van der Waals surface area contributed by atoms with Gasteiger partial charge >= 0.3 is 5.69 Å². The normalized spacial score (nSPS) is 11.3. The Hall–Kier alpha value is -2.63. The van der Waals surface area contributed by atoms with Crippen LogP contribution in [-0.2, 0) is 6.54 Å². The number of aromatic nitrogens is 4. The van der Waals surface area contributed by atoms with Gasteiger partial charge in [0.15, 0.2) is 0 Å². The number of H-pyrrole nitrogens is 2. The van der Waals surface area contributed by atoms with E-state index in [1.54, 1.807) is 0 Å². The largest absolute Gasteiger partial charge is 0.366 e. The van der Waals surface area contributed by atoms with E-state index in [9.17, 15) is 4.79 Å². The molecule has 0 radical (unpaired) electrons. The molecular formula is C16H19N5O. The lowest BCUT2D eigenvalue weighted by molar-refractivity contribution is 0.836. The van der Waals surface area contributed by atoms with E-state index in [2.05, 4.69) is 39.1 Å². The third-order valence-electron chi connectivity index (χ3n) is 3.60. The predicted molar refractivity (Wildman–Crippen MR) is 87.1 cm³/mol. The maximum absolute atomic E-state index is 11.3. The minimum atomic E-state index is -0.186. The lowest BCUT2D eigenvalue weighted by Crippen LogP contribution is -2.07. The number of imidazole rings is 1. The molecule has 0 bridgehead atoms. The van der Waals surface area contributed by atoms with Gasteiger partial charge < -0.3 is 15.3 Å². The number of nitrogens with zero attached hydrogens (tertiary/aromatic N) is 2. The molecule has 2 aromatic heterocycles. The second-order valence-electron chi connectivity index (χ2n) is 5.69. The first-order chi connectivity index (χ1) is 10.5. The Morgan fingerprint density at radius 1 is 1.23 bits per heavy atom. The van der Waals surface area contributed by atoms with Crippen molar-refractivity contribution in [2.45, 2.75) is 33.2 Å². The van der Waals surface area contributed by atoms with Crippen LogP contribution >= 0.6 is 0 Å². The SMILES string of the molecule is Cc1ncc(C(C)C)c(NCc2ccc3[nH]c(=O)[nH]c3c2)n1. The number of aryl methyl sites for hydroxylation is 1. The molecule has 114 valence electrons. The molecule has 0 atom stereocenters. The first-order valence-electron chi connectivity index (χ1n) is 7.31. The van der Waals surface area contributed by atoms with Gasteiger partial charge in [-0.05, 0) is 30.5 Å². The standard InChI is InChI=1S/C16H19N5O/c1-9(2)12-8-17-10(3)19-15(12)18-7-11-4-5-13-14(6-11)21-16(22)20-13/h4-6,8-9H,7H2,1-3H3,(H,17,18,19)(H2,20,21,22). The van der Waals surface area contributed by atoms with Crippen LogP contribution < -0.4 is 11.0 Å². The van der Waals surface area contributed by atoms with E-state index >= 15 is 0 Å². The molecule has 6 heteroatoms. The summed E-state index contributed by atoms with van der Waals surface area (Å²) in [5.41, 5.74) is 3.62. The Labute approximate surface area is 128 Å². The summed E-state index contributed by atoms with van der Waals surface area (Å²) in [7, 11) is 0. The molecular weight excluding hydrogens is 278 g/mol. The number of aromatic amines is 2. The Balaban J connectivity index is 1.84. The summed E-state index contributed by atoms with van der Waals surface area (Å²) in [5.74, 6) is 1.97. The average molecular weight is 297 g/mol. The van der Waals surface area contributed by atoms with Crippen molar-refractivity contribution in [3.8, 4) is 0 Å². The second kappa shape index (κ2) is 5.63. The minimum Gasteiger partial charge on any atom is -0.366 e. The monoisotopic (exact) mass is 297 g/mol. The lowest BCUT2D eigenvalue weighted by atomic mass is 10.1. The smallest absolute Gasteiger partial charge is 0.323 e. The lowest BCUT2D eigenvalue weighted by Gasteiger charge is -2.13. The quantitative estimate of drug-likeness (QED) is 0.691. The summed E-state index contributed by atoms with van der Waals surface area (Å²) in [5, 5.41) is 3.37. The fourth-order valence-electron chi connectivity index (χ4n) is 2.42. The van der Waals surface area contributed by atoms with Gasteiger partial charge in [0.2, 0.25) is 0 Å². The number of nitrogens with one attached hydrogen (secondary N) is 3. The van der Waals surface area contributed by atoms with Crippen LogP contribution in [-0.4, -0.2) is 19.9 Å². The highest BCUT2D eigenvalue weighted by Crippen LogP contribution is 2.22.